The van der Waals surface area contributed by atoms with E-state index in [1.165, 1.54) is 6.42 Å². The lowest BCUT2D eigenvalue weighted by molar-refractivity contribution is -0.151. The van der Waals surface area contributed by atoms with Crippen molar-refractivity contribution in [1.29, 1.82) is 0 Å². The topological polar surface area (TPSA) is 46.6 Å². The first kappa shape index (κ1) is 16.5. The van der Waals surface area contributed by atoms with Crippen molar-refractivity contribution in [2.45, 2.75) is 90.3 Å². The summed E-state index contributed by atoms with van der Waals surface area (Å²) in [5.74, 6) is 0.396. The Kier molecular flexibility index (Phi) is 4.28. The molecule has 2 fully saturated rings. The van der Waals surface area contributed by atoms with Crippen molar-refractivity contribution in [3.63, 3.8) is 0 Å². The van der Waals surface area contributed by atoms with Gasteiger partial charge in [-0.15, -0.1) is 0 Å². The Balaban J connectivity index is 1.94. The molecule has 2 heterocycles. The van der Waals surface area contributed by atoms with Crippen LogP contribution in [0.5, 0.6) is 0 Å². The van der Waals surface area contributed by atoms with Gasteiger partial charge in [0, 0.05) is 17.7 Å². The molecule has 2 unspecified atom stereocenters. The molecule has 3 rings (SSSR count). The van der Waals surface area contributed by atoms with Gasteiger partial charge in [-0.25, -0.2) is 4.79 Å². The first-order chi connectivity index (χ1) is 10.9. The van der Waals surface area contributed by atoms with Gasteiger partial charge in [-0.3, -0.25) is 4.79 Å². The summed E-state index contributed by atoms with van der Waals surface area (Å²) >= 11 is 0. The number of hydrogen-bond acceptors (Lipinski definition) is 3. The van der Waals surface area contributed by atoms with E-state index in [1.54, 1.807) is 6.92 Å². The van der Waals surface area contributed by atoms with Crippen molar-refractivity contribution in [3.8, 4) is 0 Å². The SMILES string of the molecule is CC1=C(C(=O)N2C(C)CCCC2C)C2(CCC(C)CC2)OC1=O. The van der Waals surface area contributed by atoms with E-state index in [1.807, 2.05) is 4.90 Å². The molecule has 0 N–H and O–H groups in total. The molecule has 23 heavy (non-hydrogen) atoms. The van der Waals surface area contributed by atoms with Crippen LogP contribution in [0.1, 0.15) is 72.6 Å². The highest BCUT2D eigenvalue weighted by Gasteiger charge is 2.52. The minimum atomic E-state index is -0.651. The minimum absolute atomic E-state index is 0.0441. The highest BCUT2D eigenvalue weighted by Crippen LogP contribution is 2.46. The molecule has 0 aromatic carbocycles. The fourth-order valence-electron chi connectivity index (χ4n) is 4.64. The molecule has 0 aromatic heterocycles. The average Bonchev–Trinajstić information content (AvgIpc) is 2.73. The van der Waals surface area contributed by atoms with Gasteiger partial charge in [0.2, 0.25) is 0 Å². The molecule has 1 spiro atoms. The second-order valence-corrected chi connectivity index (χ2v) is 7.91. The van der Waals surface area contributed by atoms with E-state index in [-0.39, 0.29) is 24.0 Å². The summed E-state index contributed by atoms with van der Waals surface area (Å²) in [6.07, 6.45) is 6.86. The van der Waals surface area contributed by atoms with Gasteiger partial charge in [0.05, 0.1) is 5.57 Å². The number of rotatable bonds is 1. The normalized spacial score (nSPS) is 38.2. The van der Waals surface area contributed by atoms with Crippen LogP contribution in [0, 0.1) is 5.92 Å². The monoisotopic (exact) mass is 319 g/mol. The quantitative estimate of drug-likeness (QED) is 0.694. The third-order valence-electron chi connectivity index (χ3n) is 6.15. The maximum absolute atomic E-state index is 13.4. The summed E-state index contributed by atoms with van der Waals surface area (Å²) in [5, 5.41) is 0. The zero-order valence-corrected chi connectivity index (χ0v) is 14.9. The zero-order valence-electron chi connectivity index (χ0n) is 14.9. The summed E-state index contributed by atoms with van der Waals surface area (Å²) in [7, 11) is 0. The molecule has 1 saturated carbocycles. The summed E-state index contributed by atoms with van der Waals surface area (Å²) in [6, 6.07) is 0.476. The maximum atomic E-state index is 13.4. The van der Waals surface area contributed by atoms with Crippen LogP contribution in [0.4, 0.5) is 0 Å². The molecule has 1 aliphatic carbocycles. The van der Waals surface area contributed by atoms with Gasteiger partial charge in [0.1, 0.15) is 5.60 Å². The predicted octanol–water partition coefficient (Wildman–Crippen LogP) is 3.60. The van der Waals surface area contributed by atoms with Gasteiger partial charge in [0.25, 0.3) is 5.91 Å². The van der Waals surface area contributed by atoms with Gasteiger partial charge in [0.15, 0.2) is 0 Å². The highest BCUT2D eigenvalue weighted by atomic mass is 16.6. The number of esters is 1. The number of amides is 1. The van der Waals surface area contributed by atoms with Crippen LogP contribution in [0.3, 0.4) is 0 Å². The first-order valence-electron chi connectivity index (χ1n) is 9.13. The fraction of sp³-hybridized carbons (Fsp3) is 0.789. The van der Waals surface area contributed by atoms with Crippen LogP contribution in [0.2, 0.25) is 0 Å². The second-order valence-electron chi connectivity index (χ2n) is 7.91. The molecule has 128 valence electrons. The number of likely N-dealkylation sites (tertiary alicyclic amines) is 1. The number of nitrogens with zero attached hydrogens (tertiary/aromatic N) is 1. The molecule has 1 amide bonds. The zero-order chi connectivity index (χ0) is 16.8. The third-order valence-corrected chi connectivity index (χ3v) is 6.15. The van der Waals surface area contributed by atoms with Crippen LogP contribution in [0.25, 0.3) is 0 Å². The van der Waals surface area contributed by atoms with E-state index in [0.29, 0.717) is 17.1 Å². The van der Waals surface area contributed by atoms with Crippen LogP contribution >= 0.6 is 0 Å². The Labute approximate surface area is 139 Å². The standard InChI is InChI=1S/C19H29NO3/c1-12-8-10-19(11-9-12)16(15(4)18(22)23-19)17(21)20-13(2)6-5-7-14(20)3/h12-14H,5-11H2,1-4H3. The van der Waals surface area contributed by atoms with E-state index in [9.17, 15) is 9.59 Å². The molecule has 0 radical (unpaired) electrons. The first-order valence-corrected chi connectivity index (χ1v) is 9.13. The lowest BCUT2D eigenvalue weighted by Crippen LogP contribution is -2.51. The molecule has 1 saturated heterocycles. The average molecular weight is 319 g/mol. The molecule has 0 bridgehead atoms. The van der Waals surface area contributed by atoms with Crippen molar-refractivity contribution in [2.24, 2.45) is 5.92 Å². The molecular formula is C19H29NO3. The van der Waals surface area contributed by atoms with Gasteiger partial charge in [-0.05, 0) is 71.6 Å². The van der Waals surface area contributed by atoms with E-state index >= 15 is 0 Å². The third kappa shape index (κ3) is 2.70. The largest absolute Gasteiger partial charge is 0.451 e. The van der Waals surface area contributed by atoms with Gasteiger partial charge >= 0.3 is 5.97 Å². The predicted molar refractivity (Wildman–Crippen MR) is 88.8 cm³/mol. The summed E-state index contributed by atoms with van der Waals surface area (Å²) in [6.45, 7) is 8.24. The van der Waals surface area contributed by atoms with Crippen molar-refractivity contribution < 1.29 is 14.3 Å². The maximum Gasteiger partial charge on any atom is 0.335 e. The Bertz CT molecular complexity index is 533. The molecule has 3 aliphatic rings. The summed E-state index contributed by atoms with van der Waals surface area (Å²) < 4.78 is 5.78. The molecule has 2 aliphatic heterocycles. The number of ether oxygens (including phenoxy) is 1. The Morgan fingerprint density at radius 2 is 1.65 bits per heavy atom. The van der Waals surface area contributed by atoms with Crippen LogP contribution in [-0.4, -0.2) is 34.5 Å². The molecule has 4 heteroatoms. The smallest absolute Gasteiger partial charge is 0.335 e. The summed E-state index contributed by atoms with van der Waals surface area (Å²) in [5.41, 5.74) is 0.547. The molecular weight excluding hydrogens is 290 g/mol. The number of piperidine rings is 1. The fourth-order valence-corrected chi connectivity index (χ4v) is 4.64. The van der Waals surface area contributed by atoms with Crippen LogP contribution in [-0.2, 0) is 14.3 Å². The lowest BCUT2D eigenvalue weighted by atomic mass is 9.74. The minimum Gasteiger partial charge on any atom is -0.451 e. The highest BCUT2D eigenvalue weighted by molar-refractivity contribution is 6.07. The van der Waals surface area contributed by atoms with Gasteiger partial charge < -0.3 is 9.64 Å². The van der Waals surface area contributed by atoms with Crippen LogP contribution in [0.15, 0.2) is 11.1 Å². The van der Waals surface area contributed by atoms with Crippen molar-refractivity contribution >= 4 is 11.9 Å². The second kappa shape index (κ2) is 5.95. The lowest BCUT2D eigenvalue weighted by Gasteiger charge is -2.43. The van der Waals surface area contributed by atoms with Crippen molar-refractivity contribution in [2.75, 3.05) is 0 Å². The summed E-state index contributed by atoms with van der Waals surface area (Å²) in [4.78, 5) is 27.6. The molecule has 2 atom stereocenters. The number of hydrogen-bond donors (Lipinski definition) is 0. The van der Waals surface area contributed by atoms with E-state index in [0.717, 1.165) is 38.5 Å². The number of carbonyl (C=O) groups is 2. The van der Waals surface area contributed by atoms with E-state index in [4.69, 9.17) is 4.74 Å². The van der Waals surface area contributed by atoms with Crippen molar-refractivity contribution in [1.82, 2.24) is 4.90 Å². The Hall–Kier alpha value is -1.32. The molecule has 0 aromatic rings. The van der Waals surface area contributed by atoms with E-state index in [2.05, 4.69) is 20.8 Å². The number of carbonyl (C=O) groups excluding carboxylic acids is 2. The van der Waals surface area contributed by atoms with Gasteiger partial charge in [-0.2, -0.15) is 0 Å². The Morgan fingerprint density at radius 1 is 1.09 bits per heavy atom. The van der Waals surface area contributed by atoms with Gasteiger partial charge in [-0.1, -0.05) is 6.92 Å². The molecule has 4 nitrogen and oxygen atoms in total. The van der Waals surface area contributed by atoms with E-state index < -0.39 is 5.60 Å². The van der Waals surface area contributed by atoms with Crippen molar-refractivity contribution in [3.05, 3.63) is 11.1 Å². The Morgan fingerprint density at radius 3 is 2.22 bits per heavy atom. The van der Waals surface area contributed by atoms with Crippen LogP contribution < -0.4 is 0 Å².